The van der Waals surface area contributed by atoms with Gasteiger partial charge < -0.3 is 13.9 Å². The second-order valence-electron chi connectivity index (χ2n) is 5.50. The second kappa shape index (κ2) is 9.25. The van der Waals surface area contributed by atoms with E-state index < -0.39 is 7.60 Å². The monoisotopic (exact) mass is 377 g/mol. The van der Waals surface area contributed by atoms with Crippen molar-refractivity contribution in [2.75, 3.05) is 25.2 Å². The van der Waals surface area contributed by atoms with Crippen molar-refractivity contribution in [1.82, 2.24) is 0 Å². The fourth-order valence-corrected chi connectivity index (χ4v) is 4.40. The van der Waals surface area contributed by atoms with E-state index in [1.165, 1.54) is 0 Å². The van der Waals surface area contributed by atoms with Crippen molar-refractivity contribution >= 4 is 30.5 Å². The summed E-state index contributed by atoms with van der Waals surface area (Å²) in [7, 11) is -1.14. The molecule has 4 nitrogen and oxygen atoms in total. The van der Waals surface area contributed by atoms with Gasteiger partial charge in [-0.25, -0.2) is 0 Å². The molecule has 0 radical (unpaired) electrons. The van der Waals surface area contributed by atoms with Crippen LogP contribution in [0.15, 0.2) is 54.6 Å². The Kier molecular flexibility index (Phi) is 7.33. The first-order valence-corrected chi connectivity index (χ1v) is 10.4. The summed E-state index contributed by atoms with van der Waals surface area (Å²) in [6.45, 7) is 4.35. The Bertz CT molecular complexity index is 724. The average molecular weight is 377 g/mol. The van der Waals surface area contributed by atoms with Crippen LogP contribution in [0.2, 0.25) is 0 Å². The molecule has 134 valence electrons. The third-order valence-corrected chi connectivity index (χ3v) is 6.24. The van der Waals surface area contributed by atoms with Gasteiger partial charge in [-0.2, -0.15) is 0 Å². The van der Waals surface area contributed by atoms with Gasteiger partial charge in [0, 0.05) is 18.3 Å². The number of rotatable bonds is 8. The highest BCUT2D eigenvalue weighted by Crippen LogP contribution is 2.51. The van der Waals surface area contributed by atoms with Gasteiger partial charge in [0.1, 0.15) is 4.99 Å². The summed E-state index contributed by atoms with van der Waals surface area (Å²) in [6.07, 6.45) is 0.260. The number of hydrogen-bond donors (Lipinski definition) is 0. The molecule has 0 amide bonds. The van der Waals surface area contributed by atoms with Gasteiger partial charge in [-0.1, -0.05) is 54.7 Å². The number of nitrogens with zero attached hydrogens (tertiary/aromatic N) is 1. The molecule has 0 heterocycles. The summed E-state index contributed by atoms with van der Waals surface area (Å²) in [6, 6.07) is 17.7. The zero-order chi connectivity index (χ0) is 18.3. The molecule has 2 rings (SSSR count). The smallest absolute Gasteiger partial charge is 0.335 e. The fourth-order valence-electron chi connectivity index (χ4n) is 2.46. The molecule has 6 heteroatoms. The summed E-state index contributed by atoms with van der Waals surface area (Å²) in [4.78, 5) is 2.70. The first-order chi connectivity index (χ1) is 12.0. The van der Waals surface area contributed by atoms with Crippen molar-refractivity contribution in [2.45, 2.75) is 20.0 Å². The second-order valence-corrected chi connectivity index (χ2v) is 7.94. The molecule has 0 aliphatic rings. The van der Waals surface area contributed by atoms with Crippen molar-refractivity contribution in [3.8, 4) is 0 Å². The van der Waals surface area contributed by atoms with E-state index in [0.29, 0.717) is 13.2 Å². The normalized spacial score (nSPS) is 11.3. The molecule has 2 aromatic rings. The third kappa shape index (κ3) is 5.48. The van der Waals surface area contributed by atoms with E-state index in [0.717, 1.165) is 21.8 Å². The predicted molar refractivity (Wildman–Crippen MR) is 108 cm³/mol. The highest BCUT2D eigenvalue weighted by atomic mass is 32.1. The lowest BCUT2D eigenvalue weighted by Crippen LogP contribution is -2.25. The number of para-hydroxylation sites is 1. The molecule has 0 fully saturated rings. The predicted octanol–water partition coefficient (Wildman–Crippen LogP) is 5.26. The van der Waals surface area contributed by atoms with Crippen molar-refractivity contribution in [3.05, 3.63) is 65.7 Å². The van der Waals surface area contributed by atoms with Gasteiger partial charge in [-0.15, -0.1) is 0 Å². The fraction of sp³-hybridized carbons (Fsp3) is 0.316. The number of benzene rings is 2. The standard InChI is InChI=1S/C19H24NO3PS/c1-4-22-24(21,23-5-2)15-16-11-13-17(14-12-16)19(25)20(3)18-9-7-6-8-10-18/h6-14H,4-5,15H2,1-3H3. The zero-order valence-electron chi connectivity index (χ0n) is 14.8. The Balaban J connectivity index is 2.11. The van der Waals surface area contributed by atoms with Crippen LogP contribution >= 0.6 is 19.8 Å². The minimum Gasteiger partial charge on any atom is -0.335 e. The number of hydrogen-bond acceptors (Lipinski definition) is 4. The molecule has 25 heavy (non-hydrogen) atoms. The molecule has 0 N–H and O–H groups in total. The van der Waals surface area contributed by atoms with Gasteiger partial charge in [0.05, 0.1) is 19.4 Å². The molecule has 0 aliphatic carbocycles. The van der Waals surface area contributed by atoms with Crippen molar-refractivity contribution < 1.29 is 13.6 Å². The quantitative estimate of drug-likeness (QED) is 0.463. The van der Waals surface area contributed by atoms with Crippen LogP contribution in [0.3, 0.4) is 0 Å². The number of thiocarbonyl (C=S) groups is 1. The van der Waals surface area contributed by atoms with Gasteiger partial charge in [0.25, 0.3) is 0 Å². The van der Waals surface area contributed by atoms with E-state index in [2.05, 4.69) is 0 Å². The lowest BCUT2D eigenvalue weighted by atomic mass is 10.1. The summed E-state index contributed by atoms with van der Waals surface area (Å²) < 4.78 is 23.3. The van der Waals surface area contributed by atoms with Crippen LogP contribution in [0.1, 0.15) is 25.0 Å². The molecule has 0 saturated carbocycles. The summed E-state index contributed by atoms with van der Waals surface area (Å²) in [5.41, 5.74) is 2.88. The Morgan fingerprint density at radius 3 is 2.08 bits per heavy atom. The molecule has 0 spiro atoms. The van der Waals surface area contributed by atoms with Crippen molar-refractivity contribution in [3.63, 3.8) is 0 Å². The molecule has 0 atom stereocenters. The molecule has 0 unspecified atom stereocenters. The maximum Gasteiger partial charge on any atom is 0.335 e. The van der Waals surface area contributed by atoms with Gasteiger partial charge in [0.15, 0.2) is 0 Å². The van der Waals surface area contributed by atoms with Crippen molar-refractivity contribution in [1.29, 1.82) is 0 Å². The van der Waals surface area contributed by atoms with Crippen LogP contribution in [0.25, 0.3) is 0 Å². The molecule has 0 saturated heterocycles. The Morgan fingerprint density at radius 2 is 1.56 bits per heavy atom. The topological polar surface area (TPSA) is 38.8 Å². The highest BCUT2D eigenvalue weighted by Gasteiger charge is 2.24. The van der Waals surface area contributed by atoms with E-state index >= 15 is 0 Å². The summed E-state index contributed by atoms with van der Waals surface area (Å²) >= 11 is 5.58. The van der Waals surface area contributed by atoms with Gasteiger partial charge in [0.2, 0.25) is 0 Å². The molecule has 0 aliphatic heterocycles. The third-order valence-electron chi connectivity index (χ3n) is 3.68. The van der Waals surface area contributed by atoms with Crippen LogP contribution in [0.4, 0.5) is 5.69 Å². The average Bonchev–Trinajstić information content (AvgIpc) is 2.62. The zero-order valence-corrected chi connectivity index (χ0v) is 16.6. The van der Waals surface area contributed by atoms with Gasteiger partial charge in [-0.05, 0) is 31.5 Å². The first kappa shape index (κ1) is 19.8. The summed E-state index contributed by atoms with van der Waals surface area (Å²) in [5, 5.41) is 0. The minimum absolute atomic E-state index is 0.260. The van der Waals surface area contributed by atoms with Crippen LogP contribution in [-0.2, 0) is 19.8 Å². The van der Waals surface area contributed by atoms with Crippen LogP contribution in [0.5, 0.6) is 0 Å². The van der Waals surface area contributed by atoms with Crippen LogP contribution in [-0.4, -0.2) is 25.2 Å². The van der Waals surface area contributed by atoms with E-state index in [9.17, 15) is 4.57 Å². The molecule has 0 aromatic heterocycles. The molecular formula is C19H24NO3PS. The van der Waals surface area contributed by atoms with E-state index in [4.69, 9.17) is 21.3 Å². The largest absolute Gasteiger partial charge is 0.335 e. The van der Waals surface area contributed by atoms with E-state index in [1.54, 1.807) is 0 Å². The lowest BCUT2D eigenvalue weighted by Gasteiger charge is -2.21. The minimum atomic E-state index is -3.09. The van der Waals surface area contributed by atoms with Crippen molar-refractivity contribution in [2.24, 2.45) is 0 Å². The maximum atomic E-state index is 12.6. The van der Waals surface area contributed by atoms with Crippen LogP contribution in [0, 0.1) is 0 Å². The Morgan fingerprint density at radius 1 is 1.00 bits per heavy atom. The van der Waals surface area contributed by atoms with Gasteiger partial charge >= 0.3 is 7.60 Å². The maximum absolute atomic E-state index is 12.6. The lowest BCUT2D eigenvalue weighted by molar-refractivity contribution is 0.219. The highest BCUT2D eigenvalue weighted by molar-refractivity contribution is 7.81. The SMILES string of the molecule is CCOP(=O)(Cc1ccc(C(=S)N(C)c2ccccc2)cc1)OCC. The molecule has 2 aromatic carbocycles. The van der Waals surface area contributed by atoms with Gasteiger partial charge in [-0.3, -0.25) is 4.57 Å². The number of anilines is 1. The Hall–Kier alpha value is -1.52. The van der Waals surface area contributed by atoms with E-state index in [-0.39, 0.29) is 6.16 Å². The Labute approximate surface area is 155 Å². The first-order valence-electron chi connectivity index (χ1n) is 8.29. The molecular weight excluding hydrogens is 353 g/mol. The summed E-state index contributed by atoms with van der Waals surface area (Å²) in [5.74, 6) is 0. The molecule has 0 bridgehead atoms. The van der Waals surface area contributed by atoms with E-state index in [1.807, 2.05) is 80.4 Å². The van der Waals surface area contributed by atoms with Crippen LogP contribution < -0.4 is 4.90 Å².